The summed E-state index contributed by atoms with van der Waals surface area (Å²) in [5.41, 5.74) is 0. The molecule has 2 aliphatic heterocycles. The Morgan fingerprint density at radius 1 is 1.20 bits per heavy atom. The third-order valence-electron chi connectivity index (χ3n) is 5.15. The van der Waals surface area contributed by atoms with E-state index in [0.29, 0.717) is 12.2 Å². The predicted molar refractivity (Wildman–Crippen MR) is 108 cm³/mol. The Hall–Kier alpha value is -0.260. The maximum atomic E-state index is 6.24. The Balaban J connectivity index is 1.40. The fourth-order valence-corrected chi connectivity index (χ4v) is 5.31. The minimum Gasteiger partial charge on any atom is -0.373 e. The lowest BCUT2D eigenvalue weighted by molar-refractivity contribution is -0.0722. The molecule has 5 heteroatoms. The molecular formula is C20H31ClN2OS. The Bertz CT molecular complexity index is 534. The Morgan fingerprint density at radius 3 is 2.72 bits per heavy atom. The second kappa shape index (κ2) is 9.61. The molecule has 2 heterocycles. The van der Waals surface area contributed by atoms with Crippen molar-refractivity contribution in [2.45, 2.75) is 56.3 Å². The van der Waals surface area contributed by atoms with Gasteiger partial charge in [0.1, 0.15) is 0 Å². The summed E-state index contributed by atoms with van der Waals surface area (Å²) in [4.78, 5) is 6.52. The smallest absolute Gasteiger partial charge is 0.0678 e. The van der Waals surface area contributed by atoms with Gasteiger partial charge in [-0.15, -0.1) is 11.8 Å². The van der Waals surface area contributed by atoms with Crippen LogP contribution in [0, 0.1) is 0 Å². The maximum Gasteiger partial charge on any atom is 0.0678 e. The van der Waals surface area contributed by atoms with Gasteiger partial charge < -0.3 is 4.74 Å². The number of ether oxygens (including phenoxy) is 1. The van der Waals surface area contributed by atoms with E-state index in [1.165, 1.54) is 43.8 Å². The molecule has 0 aromatic heterocycles. The molecule has 1 aromatic rings. The van der Waals surface area contributed by atoms with Crippen LogP contribution in [0.15, 0.2) is 29.2 Å². The minimum atomic E-state index is 0.366. The molecule has 2 fully saturated rings. The van der Waals surface area contributed by atoms with Crippen molar-refractivity contribution in [2.75, 3.05) is 38.5 Å². The first-order valence-electron chi connectivity index (χ1n) is 9.61. The molecule has 0 bridgehead atoms. The van der Waals surface area contributed by atoms with Gasteiger partial charge >= 0.3 is 0 Å². The van der Waals surface area contributed by atoms with Gasteiger partial charge in [-0.3, -0.25) is 9.80 Å². The molecule has 0 radical (unpaired) electrons. The molecule has 0 spiro atoms. The first-order chi connectivity index (χ1) is 12.1. The molecule has 3 rings (SSSR count). The van der Waals surface area contributed by atoms with Crippen LogP contribution in [-0.4, -0.2) is 66.5 Å². The molecule has 2 aliphatic rings. The predicted octanol–water partition coefficient (Wildman–Crippen LogP) is 4.40. The zero-order chi connectivity index (χ0) is 17.6. The lowest BCUT2D eigenvalue weighted by Gasteiger charge is -2.38. The molecular weight excluding hydrogens is 352 g/mol. The summed E-state index contributed by atoms with van der Waals surface area (Å²) in [5, 5.41) is 0.877. The molecule has 0 N–H and O–H groups in total. The number of hydrogen-bond donors (Lipinski definition) is 0. The summed E-state index contributed by atoms with van der Waals surface area (Å²) in [6.45, 7) is 10.2. The van der Waals surface area contributed by atoms with Crippen LogP contribution in [0.1, 0.15) is 33.1 Å². The van der Waals surface area contributed by atoms with Gasteiger partial charge in [-0.05, 0) is 64.1 Å². The molecule has 0 unspecified atom stereocenters. The second-order valence-corrected chi connectivity index (χ2v) is 8.98. The van der Waals surface area contributed by atoms with Crippen molar-refractivity contribution in [1.82, 2.24) is 9.80 Å². The van der Waals surface area contributed by atoms with Crippen molar-refractivity contribution in [2.24, 2.45) is 0 Å². The number of halogens is 1. The molecule has 0 amide bonds. The number of benzene rings is 1. The SMILES string of the molecule is C[C@@H]1CN(C[C@H]2CCCN2CCCSc2ccccc2Cl)C[C@H](C)O1. The largest absolute Gasteiger partial charge is 0.373 e. The fourth-order valence-electron chi connectivity index (χ4n) is 4.14. The van der Waals surface area contributed by atoms with Gasteiger partial charge in [0.2, 0.25) is 0 Å². The van der Waals surface area contributed by atoms with Crippen LogP contribution < -0.4 is 0 Å². The number of nitrogens with zero attached hydrogens (tertiary/aromatic N) is 2. The van der Waals surface area contributed by atoms with E-state index in [2.05, 4.69) is 35.8 Å². The van der Waals surface area contributed by atoms with E-state index < -0.39 is 0 Å². The van der Waals surface area contributed by atoms with Crippen LogP contribution in [-0.2, 0) is 4.74 Å². The van der Waals surface area contributed by atoms with Crippen molar-refractivity contribution in [3.8, 4) is 0 Å². The van der Waals surface area contributed by atoms with E-state index in [9.17, 15) is 0 Å². The molecule has 2 saturated heterocycles. The average Bonchev–Trinajstić information content (AvgIpc) is 2.99. The first-order valence-corrected chi connectivity index (χ1v) is 11.0. The molecule has 140 valence electrons. The van der Waals surface area contributed by atoms with E-state index in [0.717, 1.165) is 29.9 Å². The number of rotatable bonds is 7. The molecule has 3 nitrogen and oxygen atoms in total. The topological polar surface area (TPSA) is 15.7 Å². The number of thioether (sulfide) groups is 1. The Morgan fingerprint density at radius 2 is 1.96 bits per heavy atom. The summed E-state index contributed by atoms with van der Waals surface area (Å²) in [5.74, 6) is 1.14. The normalized spacial score (nSPS) is 28.5. The number of hydrogen-bond acceptors (Lipinski definition) is 4. The van der Waals surface area contributed by atoms with Gasteiger partial charge in [-0.1, -0.05) is 23.7 Å². The average molecular weight is 383 g/mol. The lowest BCUT2D eigenvalue weighted by Crippen LogP contribution is -2.50. The lowest BCUT2D eigenvalue weighted by atomic mass is 10.1. The van der Waals surface area contributed by atoms with Crippen LogP contribution in [0.25, 0.3) is 0 Å². The highest BCUT2D eigenvalue weighted by molar-refractivity contribution is 7.99. The monoisotopic (exact) mass is 382 g/mol. The van der Waals surface area contributed by atoms with Gasteiger partial charge in [0.15, 0.2) is 0 Å². The Kier molecular flexibility index (Phi) is 7.50. The summed E-state index contributed by atoms with van der Waals surface area (Å²) in [7, 11) is 0. The Labute approximate surface area is 162 Å². The van der Waals surface area contributed by atoms with Crippen LogP contribution in [0.5, 0.6) is 0 Å². The van der Waals surface area contributed by atoms with Gasteiger partial charge in [-0.25, -0.2) is 0 Å². The van der Waals surface area contributed by atoms with Gasteiger partial charge in [0.25, 0.3) is 0 Å². The van der Waals surface area contributed by atoms with Crippen LogP contribution in [0.3, 0.4) is 0 Å². The standard InChI is InChI=1S/C20H31ClN2OS/c1-16-13-22(14-17(2)24-16)15-18-7-5-10-23(18)11-6-12-25-20-9-4-3-8-19(20)21/h3-4,8-9,16-18H,5-7,10-15H2,1-2H3/t16-,17+,18-/m1/s1. The highest BCUT2D eigenvalue weighted by Gasteiger charge is 2.29. The molecule has 3 atom stereocenters. The van der Waals surface area contributed by atoms with Crippen LogP contribution >= 0.6 is 23.4 Å². The molecule has 25 heavy (non-hydrogen) atoms. The van der Waals surface area contributed by atoms with Crippen LogP contribution in [0.4, 0.5) is 0 Å². The van der Waals surface area contributed by atoms with E-state index in [1.807, 2.05) is 23.9 Å². The third-order valence-corrected chi connectivity index (χ3v) is 6.75. The zero-order valence-electron chi connectivity index (χ0n) is 15.5. The van der Waals surface area contributed by atoms with Gasteiger partial charge in [0.05, 0.1) is 17.2 Å². The van der Waals surface area contributed by atoms with Crippen molar-refractivity contribution >= 4 is 23.4 Å². The highest BCUT2D eigenvalue weighted by Crippen LogP contribution is 2.27. The van der Waals surface area contributed by atoms with Crippen LogP contribution in [0.2, 0.25) is 5.02 Å². The highest BCUT2D eigenvalue weighted by atomic mass is 35.5. The van der Waals surface area contributed by atoms with Gasteiger partial charge in [0, 0.05) is 30.6 Å². The number of morpholine rings is 1. The van der Waals surface area contributed by atoms with Crippen molar-refractivity contribution < 1.29 is 4.74 Å². The van der Waals surface area contributed by atoms with Gasteiger partial charge in [-0.2, -0.15) is 0 Å². The minimum absolute atomic E-state index is 0.366. The molecule has 0 aliphatic carbocycles. The zero-order valence-corrected chi connectivity index (χ0v) is 17.1. The van der Waals surface area contributed by atoms with Crippen molar-refractivity contribution in [3.63, 3.8) is 0 Å². The number of likely N-dealkylation sites (tertiary alicyclic amines) is 1. The fraction of sp³-hybridized carbons (Fsp3) is 0.700. The summed E-state index contributed by atoms with van der Waals surface area (Å²) < 4.78 is 5.87. The quantitative estimate of drug-likeness (QED) is 0.513. The first kappa shape index (κ1) is 19.5. The van der Waals surface area contributed by atoms with Crippen molar-refractivity contribution in [1.29, 1.82) is 0 Å². The van der Waals surface area contributed by atoms with E-state index in [4.69, 9.17) is 16.3 Å². The van der Waals surface area contributed by atoms with E-state index in [-0.39, 0.29) is 0 Å². The second-order valence-electron chi connectivity index (χ2n) is 7.44. The summed E-state index contributed by atoms with van der Waals surface area (Å²) >= 11 is 8.12. The summed E-state index contributed by atoms with van der Waals surface area (Å²) in [6.07, 6.45) is 4.65. The third kappa shape index (κ3) is 5.86. The van der Waals surface area contributed by atoms with E-state index >= 15 is 0 Å². The van der Waals surface area contributed by atoms with E-state index in [1.54, 1.807) is 0 Å². The molecule has 1 aromatic carbocycles. The maximum absolute atomic E-state index is 6.24. The summed E-state index contributed by atoms with van der Waals surface area (Å²) in [6, 6.07) is 8.88. The molecule has 0 saturated carbocycles. The van der Waals surface area contributed by atoms with Crippen molar-refractivity contribution in [3.05, 3.63) is 29.3 Å².